The number of likely N-dealkylation sites (tertiary alicyclic amines) is 1. The van der Waals surface area contributed by atoms with Gasteiger partial charge in [-0.05, 0) is 56.2 Å². The number of methoxy groups -OCH3 is 1. The number of hydrogen-bond donors (Lipinski definition) is 1. The number of ether oxygens (including phenoxy) is 1. The van der Waals surface area contributed by atoms with Crippen molar-refractivity contribution >= 4 is 11.9 Å². The topological polar surface area (TPSA) is 81.3 Å². The van der Waals surface area contributed by atoms with E-state index in [1.54, 1.807) is 20.2 Å². The molecule has 138 valence electrons. The Bertz CT molecular complexity index is 761. The molecule has 1 unspecified atom stereocenters. The maximum atomic E-state index is 12.8. The molecule has 1 aliphatic rings. The third kappa shape index (κ3) is 4.31. The second-order valence-electron chi connectivity index (χ2n) is 6.87. The van der Waals surface area contributed by atoms with E-state index >= 15 is 0 Å². The van der Waals surface area contributed by atoms with Crippen LogP contribution in [0, 0.1) is 12.8 Å². The van der Waals surface area contributed by atoms with E-state index in [-0.39, 0.29) is 11.9 Å². The summed E-state index contributed by atoms with van der Waals surface area (Å²) >= 11 is 0. The summed E-state index contributed by atoms with van der Waals surface area (Å²) in [5.74, 6) is 1.61. The highest BCUT2D eigenvalue weighted by atomic mass is 16.5. The number of carbonyl (C=O) groups excluding carboxylic acids is 1. The van der Waals surface area contributed by atoms with E-state index in [2.05, 4.69) is 22.1 Å². The molecule has 0 radical (unpaired) electrons. The van der Waals surface area contributed by atoms with Gasteiger partial charge in [0.15, 0.2) is 0 Å². The van der Waals surface area contributed by atoms with E-state index in [9.17, 15) is 4.79 Å². The van der Waals surface area contributed by atoms with Gasteiger partial charge in [-0.15, -0.1) is 0 Å². The van der Waals surface area contributed by atoms with Crippen LogP contribution in [0.2, 0.25) is 0 Å². The lowest BCUT2D eigenvalue weighted by atomic mass is 9.91. The van der Waals surface area contributed by atoms with Crippen molar-refractivity contribution in [1.29, 1.82) is 0 Å². The Balaban J connectivity index is 1.58. The minimum absolute atomic E-state index is 0.0108. The van der Waals surface area contributed by atoms with Gasteiger partial charge >= 0.3 is 0 Å². The predicted octanol–water partition coefficient (Wildman–Crippen LogP) is 2.86. The normalized spacial score (nSPS) is 17.2. The van der Waals surface area contributed by atoms with Crippen molar-refractivity contribution < 1.29 is 9.53 Å². The van der Waals surface area contributed by atoms with Gasteiger partial charge in [0.05, 0.1) is 18.4 Å². The van der Waals surface area contributed by atoms with E-state index in [0.717, 1.165) is 44.5 Å². The molecule has 1 aliphatic heterocycles. The first kappa shape index (κ1) is 18.2. The molecular weight excluding hydrogens is 328 g/mol. The molecule has 0 aliphatic carbocycles. The molecule has 1 aromatic carbocycles. The molecule has 2 N–H and O–H groups in total. The van der Waals surface area contributed by atoms with Crippen LogP contribution in [0.4, 0.5) is 5.95 Å². The Morgan fingerprint density at radius 2 is 2.12 bits per heavy atom. The molecule has 2 aromatic rings. The van der Waals surface area contributed by atoms with Gasteiger partial charge in [-0.1, -0.05) is 12.1 Å². The number of aromatic nitrogens is 2. The third-order valence-corrected chi connectivity index (χ3v) is 5.03. The van der Waals surface area contributed by atoms with Crippen LogP contribution in [0.15, 0.2) is 30.5 Å². The summed E-state index contributed by atoms with van der Waals surface area (Å²) in [6, 6.07) is 8.21. The fraction of sp³-hybridized carbons (Fsp3) is 0.450. The van der Waals surface area contributed by atoms with Crippen molar-refractivity contribution in [3.05, 3.63) is 47.3 Å². The van der Waals surface area contributed by atoms with Gasteiger partial charge in [0.1, 0.15) is 5.75 Å². The zero-order chi connectivity index (χ0) is 18.5. The molecule has 6 nitrogen and oxygen atoms in total. The van der Waals surface area contributed by atoms with Gasteiger partial charge in [0.25, 0.3) is 5.91 Å². The molecule has 1 amide bonds. The Morgan fingerprint density at radius 1 is 1.35 bits per heavy atom. The summed E-state index contributed by atoms with van der Waals surface area (Å²) in [5.41, 5.74) is 8.08. The van der Waals surface area contributed by atoms with Gasteiger partial charge in [-0.25, -0.2) is 9.97 Å². The lowest BCUT2D eigenvalue weighted by molar-refractivity contribution is 0.0666. The summed E-state index contributed by atoms with van der Waals surface area (Å²) in [5, 5.41) is 0. The Labute approximate surface area is 154 Å². The number of hydrogen-bond acceptors (Lipinski definition) is 5. The number of nitrogen functional groups attached to an aromatic ring is 1. The van der Waals surface area contributed by atoms with E-state index in [1.165, 1.54) is 5.56 Å². The summed E-state index contributed by atoms with van der Waals surface area (Å²) in [6.45, 7) is 3.39. The number of benzene rings is 1. The predicted molar refractivity (Wildman–Crippen MR) is 101 cm³/mol. The van der Waals surface area contributed by atoms with Crippen molar-refractivity contribution in [1.82, 2.24) is 14.9 Å². The smallest absolute Gasteiger partial charge is 0.257 e. The molecule has 1 saturated heterocycles. The van der Waals surface area contributed by atoms with Gasteiger partial charge in [0.2, 0.25) is 5.95 Å². The summed E-state index contributed by atoms with van der Waals surface area (Å²) in [7, 11) is 1.68. The number of piperidine rings is 1. The van der Waals surface area contributed by atoms with Crippen LogP contribution in [0.5, 0.6) is 5.75 Å². The average Bonchev–Trinajstić information content (AvgIpc) is 2.66. The Kier molecular flexibility index (Phi) is 5.71. The highest BCUT2D eigenvalue weighted by Gasteiger charge is 2.25. The van der Waals surface area contributed by atoms with Crippen LogP contribution in [0.1, 0.15) is 40.9 Å². The van der Waals surface area contributed by atoms with Crippen molar-refractivity contribution in [3.8, 4) is 5.75 Å². The van der Waals surface area contributed by atoms with Crippen LogP contribution in [-0.4, -0.2) is 41.0 Å². The monoisotopic (exact) mass is 354 g/mol. The van der Waals surface area contributed by atoms with Gasteiger partial charge in [0, 0.05) is 19.3 Å². The molecule has 0 saturated carbocycles. The van der Waals surface area contributed by atoms with Gasteiger partial charge in [-0.3, -0.25) is 4.79 Å². The Hall–Kier alpha value is -2.63. The lowest BCUT2D eigenvalue weighted by Gasteiger charge is -2.33. The maximum absolute atomic E-state index is 12.8. The molecule has 3 rings (SSSR count). The molecule has 2 heterocycles. The van der Waals surface area contributed by atoms with Crippen LogP contribution in [-0.2, 0) is 6.42 Å². The van der Waals surface area contributed by atoms with E-state index in [1.807, 2.05) is 17.0 Å². The zero-order valence-electron chi connectivity index (χ0n) is 15.4. The molecule has 6 heteroatoms. The molecular formula is C20H26N4O2. The highest BCUT2D eigenvalue weighted by Crippen LogP contribution is 2.24. The standard InChI is InChI=1S/C20H26N4O2/c1-14-18(12-22-20(21)23-14)19(25)24-11-3-4-16(13-24)6-5-15-7-9-17(26-2)10-8-15/h7-10,12,16H,3-6,11,13H2,1-2H3,(H2,21,22,23). The van der Waals surface area contributed by atoms with Crippen LogP contribution in [0.3, 0.4) is 0 Å². The molecule has 1 fully saturated rings. The highest BCUT2D eigenvalue weighted by molar-refractivity contribution is 5.95. The van der Waals surface area contributed by atoms with Crippen molar-refractivity contribution in [2.24, 2.45) is 5.92 Å². The number of anilines is 1. The number of nitrogens with two attached hydrogens (primary N) is 1. The third-order valence-electron chi connectivity index (χ3n) is 5.03. The zero-order valence-corrected chi connectivity index (χ0v) is 15.4. The second-order valence-corrected chi connectivity index (χ2v) is 6.87. The maximum Gasteiger partial charge on any atom is 0.257 e. The molecule has 0 spiro atoms. The first-order chi connectivity index (χ1) is 12.6. The number of rotatable bonds is 5. The molecule has 1 aromatic heterocycles. The Morgan fingerprint density at radius 3 is 2.81 bits per heavy atom. The van der Waals surface area contributed by atoms with Crippen molar-refractivity contribution in [3.63, 3.8) is 0 Å². The fourth-order valence-corrected chi connectivity index (χ4v) is 3.51. The molecule has 1 atom stereocenters. The lowest BCUT2D eigenvalue weighted by Crippen LogP contribution is -2.40. The van der Waals surface area contributed by atoms with Crippen molar-refractivity contribution in [2.75, 3.05) is 25.9 Å². The first-order valence-corrected chi connectivity index (χ1v) is 9.08. The van der Waals surface area contributed by atoms with Crippen LogP contribution < -0.4 is 10.5 Å². The van der Waals surface area contributed by atoms with E-state index in [4.69, 9.17) is 10.5 Å². The van der Waals surface area contributed by atoms with Crippen LogP contribution >= 0.6 is 0 Å². The average molecular weight is 354 g/mol. The number of aryl methyl sites for hydroxylation is 2. The first-order valence-electron chi connectivity index (χ1n) is 9.08. The van der Waals surface area contributed by atoms with E-state index < -0.39 is 0 Å². The van der Waals surface area contributed by atoms with Crippen molar-refractivity contribution in [2.45, 2.75) is 32.6 Å². The van der Waals surface area contributed by atoms with Gasteiger partial charge in [-0.2, -0.15) is 0 Å². The SMILES string of the molecule is COc1ccc(CCC2CCCN(C(=O)c3cnc(N)nc3C)C2)cc1. The summed E-state index contributed by atoms with van der Waals surface area (Å²) < 4.78 is 5.20. The summed E-state index contributed by atoms with van der Waals surface area (Å²) in [6.07, 6.45) is 5.83. The number of nitrogens with zero attached hydrogens (tertiary/aromatic N) is 3. The minimum atomic E-state index is 0.0108. The number of amides is 1. The molecule has 26 heavy (non-hydrogen) atoms. The van der Waals surface area contributed by atoms with E-state index in [0.29, 0.717) is 17.2 Å². The molecule has 0 bridgehead atoms. The quantitative estimate of drug-likeness (QED) is 0.893. The van der Waals surface area contributed by atoms with Crippen LogP contribution in [0.25, 0.3) is 0 Å². The number of carbonyl (C=O) groups is 1. The summed E-state index contributed by atoms with van der Waals surface area (Å²) in [4.78, 5) is 22.8. The van der Waals surface area contributed by atoms with Gasteiger partial charge < -0.3 is 15.4 Å². The fourth-order valence-electron chi connectivity index (χ4n) is 3.51. The second kappa shape index (κ2) is 8.17. The largest absolute Gasteiger partial charge is 0.497 e. The minimum Gasteiger partial charge on any atom is -0.497 e.